The number of ether oxygens (including phenoxy) is 1. The first-order chi connectivity index (χ1) is 7.33. The molecule has 0 unspecified atom stereocenters. The molecule has 15 heavy (non-hydrogen) atoms. The van der Waals surface area contributed by atoms with Gasteiger partial charge in [-0.2, -0.15) is 5.26 Å². The van der Waals surface area contributed by atoms with Gasteiger partial charge in [0.25, 0.3) is 0 Å². The van der Waals surface area contributed by atoms with E-state index in [1.165, 1.54) is 0 Å². The average Bonchev–Trinajstić information content (AvgIpc) is 2.30. The van der Waals surface area contributed by atoms with Crippen molar-refractivity contribution in [3.63, 3.8) is 0 Å². The molecule has 1 aromatic heterocycles. The van der Waals surface area contributed by atoms with Gasteiger partial charge in [0.1, 0.15) is 17.4 Å². The molecule has 78 valence electrons. The van der Waals surface area contributed by atoms with Crippen molar-refractivity contribution in [2.24, 2.45) is 0 Å². The molecule has 1 rings (SSSR count). The van der Waals surface area contributed by atoms with Gasteiger partial charge in [-0.05, 0) is 19.1 Å². The molecule has 0 saturated carbocycles. The zero-order chi connectivity index (χ0) is 11.1. The molecule has 0 aliphatic rings. The third kappa shape index (κ3) is 2.81. The number of hydrogen-bond donors (Lipinski definition) is 0. The number of allylic oxidation sites excluding steroid dienone is 2. The van der Waals surface area contributed by atoms with Gasteiger partial charge < -0.3 is 4.74 Å². The number of aromatic nitrogens is 1. The molecule has 1 heterocycles. The standard InChI is InChI=1S/C12H14N2O/c1-3-12(15-4-2)10(9-13)11-7-5-6-8-14-11/h5-8H,3-4H2,1-2H3/b12-10-. The Morgan fingerprint density at radius 3 is 2.73 bits per heavy atom. The molecule has 0 bridgehead atoms. The van der Waals surface area contributed by atoms with Crippen LogP contribution in [-0.2, 0) is 4.74 Å². The molecule has 0 amide bonds. The van der Waals surface area contributed by atoms with Crippen molar-refractivity contribution in [3.8, 4) is 6.07 Å². The molecule has 0 spiro atoms. The van der Waals surface area contributed by atoms with Gasteiger partial charge in [0.05, 0.1) is 12.3 Å². The Kier molecular flexibility index (Phi) is 4.36. The molecule has 0 atom stereocenters. The van der Waals surface area contributed by atoms with Crippen molar-refractivity contribution < 1.29 is 4.74 Å². The van der Waals surface area contributed by atoms with E-state index in [1.807, 2.05) is 32.0 Å². The molecular weight excluding hydrogens is 188 g/mol. The Hall–Kier alpha value is -1.82. The lowest BCUT2D eigenvalue weighted by molar-refractivity contribution is 0.223. The van der Waals surface area contributed by atoms with Crippen molar-refractivity contribution in [1.29, 1.82) is 5.26 Å². The summed E-state index contributed by atoms with van der Waals surface area (Å²) in [6.45, 7) is 4.44. The Balaban J connectivity index is 3.12. The van der Waals surface area contributed by atoms with Crippen LogP contribution in [0, 0.1) is 11.3 Å². The highest BCUT2D eigenvalue weighted by Crippen LogP contribution is 2.18. The van der Waals surface area contributed by atoms with Crippen LogP contribution < -0.4 is 0 Å². The summed E-state index contributed by atoms with van der Waals surface area (Å²) in [6.07, 6.45) is 2.37. The second kappa shape index (κ2) is 5.82. The van der Waals surface area contributed by atoms with E-state index in [-0.39, 0.29) is 0 Å². The van der Waals surface area contributed by atoms with Crippen LogP contribution in [0.15, 0.2) is 30.2 Å². The van der Waals surface area contributed by atoms with Gasteiger partial charge in [0.2, 0.25) is 0 Å². The summed E-state index contributed by atoms with van der Waals surface area (Å²) in [5, 5.41) is 9.08. The van der Waals surface area contributed by atoms with Crippen LogP contribution in [0.2, 0.25) is 0 Å². The maximum absolute atomic E-state index is 9.08. The number of nitriles is 1. The molecule has 0 aliphatic heterocycles. The van der Waals surface area contributed by atoms with E-state index < -0.39 is 0 Å². The molecule has 0 fully saturated rings. The Labute approximate surface area is 90.0 Å². The normalized spacial score (nSPS) is 11.5. The second-order valence-corrected chi connectivity index (χ2v) is 2.91. The van der Waals surface area contributed by atoms with Gasteiger partial charge in [-0.3, -0.25) is 4.98 Å². The predicted molar refractivity (Wildman–Crippen MR) is 58.7 cm³/mol. The van der Waals surface area contributed by atoms with Crippen molar-refractivity contribution in [1.82, 2.24) is 4.98 Å². The predicted octanol–water partition coefficient (Wildman–Crippen LogP) is 2.76. The molecular formula is C12H14N2O. The number of rotatable bonds is 4. The minimum atomic E-state index is 0.528. The van der Waals surface area contributed by atoms with Crippen LogP contribution in [0.5, 0.6) is 0 Å². The van der Waals surface area contributed by atoms with E-state index in [0.29, 0.717) is 30.1 Å². The number of nitrogens with zero attached hydrogens (tertiary/aromatic N) is 2. The van der Waals surface area contributed by atoms with Gasteiger partial charge in [-0.1, -0.05) is 13.0 Å². The lowest BCUT2D eigenvalue weighted by atomic mass is 10.1. The van der Waals surface area contributed by atoms with Crippen molar-refractivity contribution in [3.05, 3.63) is 35.8 Å². The van der Waals surface area contributed by atoms with Crippen LogP contribution in [0.4, 0.5) is 0 Å². The maximum atomic E-state index is 9.08. The molecule has 0 aromatic carbocycles. The van der Waals surface area contributed by atoms with Crippen LogP contribution >= 0.6 is 0 Å². The molecule has 0 radical (unpaired) electrons. The van der Waals surface area contributed by atoms with Crippen LogP contribution in [0.25, 0.3) is 5.57 Å². The summed E-state index contributed by atoms with van der Waals surface area (Å²) < 4.78 is 5.42. The maximum Gasteiger partial charge on any atom is 0.116 e. The zero-order valence-corrected chi connectivity index (χ0v) is 9.03. The molecule has 3 heteroatoms. The van der Waals surface area contributed by atoms with Crippen molar-refractivity contribution in [2.45, 2.75) is 20.3 Å². The smallest absolute Gasteiger partial charge is 0.116 e. The van der Waals surface area contributed by atoms with E-state index in [4.69, 9.17) is 10.00 Å². The quantitative estimate of drug-likeness (QED) is 0.557. The lowest BCUT2D eigenvalue weighted by Gasteiger charge is -2.08. The van der Waals surface area contributed by atoms with Gasteiger partial charge >= 0.3 is 0 Å². The fourth-order valence-electron chi connectivity index (χ4n) is 1.30. The molecule has 3 nitrogen and oxygen atoms in total. The highest BCUT2D eigenvalue weighted by molar-refractivity contribution is 5.76. The Morgan fingerprint density at radius 1 is 1.47 bits per heavy atom. The second-order valence-electron chi connectivity index (χ2n) is 2.91. The first-order valence-electron chi connectivity index (χ1n) is 5.00. The van der Waals surface area contributed by atoms with Crippen LogP contribution in [0.3, 0.4) is 0 Å². The summed E-state index contributed by atoms with van der Waals surface area (Å²) >= 11 is 0. The molecule has 0 N–H and O–H groups in total. The third-order valence-corrected chi connectivity index (χ3v) is 1.95. The van der Waals surface area contributed by atoms with E-state index in [1.54, 1.807) is 6.20 Å². The summed E-state index contributed by atoms with van der Waals surface area (Å²) in [5.74, 6) is 0.707. The third-order valence-electron chi connectivity index (χ3n) is 1.95. The Bertz CT molecular complexity index is 376. The topological polar surface area (TPSA) is 45.9 Å². The van der Waals surface area contributed by atoms with E-state index in [2.05, 4.69) is 11.1 Å². The fraction of sp³-hybridized carbons (Fsp3) is 0.333. The van der Waals surface area contributed by atoms with Crippen LogP contribution in [0.1, 0.15) is 26.0 Å². The molecule has 1 aromatic rings. The first kappa shape index (κ1) is 11.3. The van der Waals surface area contributed by atoms with Gasteiger partial charge in [-0.25, -0.2) is 0 Å². The average molecular weight is 202 g/mol. The molecule has 0 saturated heterocycles. The summed E-state index contributed by atoms with van der Waals surface area (Å²) in [5.41, 5.74) is 1.20. The number of hydrogen-bond acceptors (Lipinski definition) is 3. The summed E-state index contributed by atoms with van der Waals surface area (Å²) in [7, 11) is 0. The van der Waals surface area contributed by atoms with Crippen LogP contribution in [-0.4, -0.2) is 11.6 Å². The number of pyridine rings is 1. The summed E-state index contributed by atoms with van der Waals surface area (Å²) in [6, 6.07) is 7.64. The molecule has 0 aliphatic carbocycles. The van der Waals surface area contributed by atoms with Crippen molar-refractivity contribution in [2.75, 3.05) is 6.61 Å². The largest absolute Gasteiger partial charge is 0.497 e. The zero-order valence-electron chi connectivity index (χ0n) is 9.03. The van der Waals surface area contributed by atoms with Gasteiger partial charge in [-0.15, -0.1) is 0 Å². The van der Waals surface area contributed by atoms with Gasteiger partial charge in [0, 0.05) is 12.6 Å². The van der Waals surface area contributed by atoms with Crippen molar-refractivity contribution >= 4 is 5.57 Å². The highest BCUT2D eigenvalue weighted by atomic mass is 16.5. The van der Waals surface area contributed by atoms with E-state index in [0.717, 1.165) is 0 Å². The van der Waals surface area contributed by atoms with Gasteiger partial charge in [0.15, 0.2) is 0 Å². The fourth-order valence-corrected chi connectivity index (χ4v) is 1.30. The monoisotopic (exact) mass is 202 g/mol. The summed E-state index contributed by atoms with van der Waals surface area (Å²) in [4.78, 5) is 4.14. The Morgan fingerprint density at radius 2 is 2.27 bits per heavy atom. The van der Waals surface area contributed by atoms with E-state index >= 15 is 0 Å². The lowest BCUT2D eigenvalue weighted by Crippen LogP contribution is -1.97. The van der Waals surface area contributed by atoms with E-state index in [9.17, 15) is 0 Å². The minimum absolute atomic E-state index is 0.528. The SMILES string of the molecule is CCO/C(CC)=C(/C#N)c1ccccn1. The first-order valence-corrected chi connectivity index (χ1v) is 5.00. The highest BCUT2D eigenvalue weighted by Gasteiger charge is 2.09. The minimum Gasteiger partial charge on any atom is -0.497 e.